The third-order valence-electron chi connectivity index (χ3n) is 3.40. The molecule has 5 heteroatoms. The second-order valence-electron chi connectivity index (χ2n) is 4.64. The van der Waals surface area contributed by atoms with Crippen LogP contribution in [-0.4, -0.2) is 22.5 Å². The van der Waals surface area contributed by atoms with E-state index in [1.165, 1.54) is 36.7 Å². The van der Waals surface area contributed by atoms with Crippen molar-refractivity contribution in [3.05, 3.63) is 24.0 Å². The molecule has 0 radical (unpaired) electrons. The molecule has 2 nitrogen and oxygen atoms in total. The number of thioether (sulfide) groups is 1. The van der Waals surface area contributed by atoms with E-state index in [1.807, 2.05) is 11.8 Å². The minimum Gasteiger partial charge on any atom is -0.359 e. The molecule has 0 amide bonds. The van der Waals surface area contributed by atoms with E-state index in [-0.39, 0.29) is 5.82 Å². The number of hydrogen-bond acceptors (Lipinski definition) is 4. The van der Waals surface area contributed by atoms with Crippen molar-refractivity contribution < 1.29 is 4.39 Å². The molecule has 0 aliphatic heterocycles. The zero-order valence-electron chi connectivity index (χ0n) is 10.1. The van der Waals surface area contributed by atoms with Gasteiger partial charge in [-0.2, -0.15) is 11.8 Å². The summed E-state index contributed by atoms with van der Waals surface area (Å²) in [5.41, 5.74) is 0.878. The number of halogens is 1. The number of anilines is 1. The van der Waals surface area contributed by atoms with Gasteiger partial charge in [0.15, 0.2) is 5.13 Å². The number of nitrogens with zero attached hydrogens (tertiary/aromatic N) is 1. The van der Waals surface area contributed by atoms with E-state index in [2.05, 4.69) is 16.6 Å². The Bertz CT molecular complexity index is 555. The Hall–Kier alpha value is -0.810. The number of rotatable bonds is 3. The Morgan fingerprint density at radius 3 is 3.11 bits per heavy atom. The van der Waals surface area contributed by atoms with Crippen LogP contribution in [0.2, 0.25) is 0 Å². The normalized spacial score (nSPS) is 23.7. The van der Waals surface area contributed by atoms with E-state index >= 15 is 0 Å². The van der Waals surface area contributed by atoms with Crippen LogP contribution in [0, 0.1) is 5.82 Å². The van der Waals surface area contributed by atoms with Gasteiger partial charge in [-0.05, 0) is 43.7 Å². The molecule has 1 aromatic carbocycles. The minimum absolute atomic E-state index is 0.194. The highest BCUT2D eigenvalue weighted by atomic mass is 32.2. The maximum atomic E-state index is 13.1. The van der Waals surface area contributed by atoms with Crippen molar-refractivity contribution in [1.82, 2.24) is 4.98 Å². The second kappa shape index (κ2) is 5.05. The molecule has 96 valence electrons. The van der Waals surface area contributed by atoms with Crippen molar-refractivity contribution in [3.8, 4) is 0 Å². The minimum atomic E-state index is -0.194. The van der Waals surface area contributed by atoms with Crippen LogP contribution in [0.15, 0.2) is 18.2 Å². The van der Waals surface area contributed by atoms with Gasteiger partial charge in [0.1, 0.15) is 5.82 Å². The average molecular weight is 282 g/mol. The summed E-state index contributed by atoms with van der Waals surface area (Å²) in [6.45, 7) is 0. The zero-order valence-corrected chi connectivity index (χ0v) is 11.8. The Kier molecular flexibility index (Phi) is 3.43. The lowest BCUT2D eigenvalue weighted by Gasteiger charge is -2.10. The van der Waals surface area contributed by atoms with Crippen LogP contribution >= 0.6 is 23.1 Å². The van der Waals surface area contributed by atoms with Gasteiger partial charge in [-0.15, -0.1) is 0 Å². The molecule has 0 saturated heterocycles. The van der Waals surface area contributed by atoms with Gasteiger partial charge in [0.05, 0.1) is 10.2 Å². The van der Waals surface area contributed by atoms with Gasteiger partial charge in [0.25, 0.3) is 0 Å². The van der Waals surface area contributed by atoms with E-state index in [0.717, 1.165) is 20.6 Å². The fourth-order valence-corrected chi connectivity index (χ4v) is 4.18. The predicted octanol–water partition coefficient (Wildman–Crippen LogP) is 4.13. The molecule has 3 rings (SSSR count). The lowest BCUT2D eigenvalue weighted by atomic mass is 10.3. The molecule has 1 fully saturated rings. The highest BCUT2D eigenvalue weighted by molar-refractivity contribution is 7.99. The van der Waals surface area contributed by atoms with Crippen LogP contribution in [0.5, 0.6) is 0 Å². The molecular weight excluding hydrogens is 267 g/mol. The van der Waals surface area contributed by atoms with Gasteiger partial charge >= 0.3 is 0 Å². The van der Waals surface area contributed by atoms with Crippen molar-refractivity contribution in [2.45, 2.75) is 30.6 Å². The molecule has 2 aromatic rings. The van der Waals surface area contributed by atoms with Crippen molar-refractivity contribution in [3.63, 3.8) is 0 Å². The average Bonchev–Trinajstić information content (AvgIpc) is 2.95. The van der Waals surface area contributed by atoms with E-state index in [4.69, 9.17) is 0 Å². The SMILES string of the molecule is CSC1CCC(Nc2nc3ccc(F)cc3s2)C1. The summed E-state index contributed by atoms with van der Waals surface area (Å²) in [6, 6.07) is 5.28. The molecule has 1 heterocycles. The van der Waals surface area contributed by atoms with Gasteiger partial charge in [-0.25, -0.2) is 9.37 Å². The quantitative estimate of drug-likeness (QED) is 0.916. The van der Waals surface area contributed by atoms with Gasteiger partial charge in [0, 0.05) is 11.3 Å². The Morgan fingerprint density at radius 2 is 2.33 bits per heavy atom. The lowest BCUT2D eigenvalue weighted by Crippen LogP contribution is -2.15. The highest BCUT2D eigenvalue weighted by Gasteiger charge is 2.24. The van der Waals surface area contributed by atoms with Crippen LogP contribution < -0.4 is 5.32 Å². The van der Waals surface area contributed by atoms with Crippen molar-refractivity contribution in [2.24, 2.45) is 0 Å². The van der Waals surface area contributed by atoms with Gasteiger partial charge in [-0.1, -0.05) is 11.3 Å². The molecule has 1 N–H and O–H groups in total. The highest BCUT2D eigenvalue weighted by Crippen LogP contribution is 2.32. The van der Waals surface area contributed by atoms with Crippen molar-refractivity contribution in [1.29, 1.82) is 0 Å². The topological polar surface area (TPSA) is 24.9 Å². The fraction of sp³-hybridized carbons (Fsp3) is 0.462. The van der Waals surface area contributed by atoms with Crippen molar-refractivity contribution in [2.75, 3.05) is 11.6 Å². The largest absolute Gasteiger partial charge is 0.359 e. The molecule has 1 aliphatic rings. The molecule has 2 unspecified atom stereocenters. The number of aromatic nitrogens is 1. The summed E-state index contributed by atoms with van der Waals surface area (Å²) in [4.78, 5) is 4.50. The van der Waals surface area contributed by atoms with Crippen LogP contribution in [0.3, 0.4) is 0 Å². The summed E-state index contributed by atoms with van der Waals surface area (Å²) >= 11 is 3.49. The Balaban J connectivity index is 1.75. The van der Waals surface area contributed by atoms with Gasteiger partial charge < -0.3 is 5.32 Å². The van der Waals surface area contributed by atoms with Crippen molar-refractivity contribution >= 4 is 38.4 Å². The van der Waals surface area contributed by atoms with E-state index < -0.39 is 0 Å². The third-order valence-corrected chi connectivity index (χ3v) is 5.44. The first-order valence-corrected chi connectivity index (χ1v) is 8.20. The Labute approximate surface area is 114 Å². The lowest BCUT2D eigenvalue weighted by molar-refractivity contribution is 0.630. The molecule has 0 bridgehead atoms. The predicted molar refractivity (Wildman–Crippen MR) is 78.1 cm³/mol. The number of benzene rings is 1. The van der Waals surface area contributed by atoms with E-state index in [9.17, 15) is 4.39 Å². The number of hydrogen-bond donors (Lipinski definition) is 1. The standard InChI is InChI=1S/C13H15FN2S2/c1-17-10-4-3-9(7-10)15-13-16-11-5-2-8(14)6-12(11)18-13/h2,5-6,9-10H,3-4,7H2,1H3,(H,15,16). The summed E-state index contributed by atoms with van der Waals surface area (Å²) in [5.74, 6) is -0.194. The maximum Gasteiger partial charge on any atom is 0.184 e. The van der Waals surface area contributed by atoms with Crippen LogP contribution in [0.4, 0.5) is 9.52 Å². The first-order chi connectivity index (χ1) is 8.74. The number of fused-ring (bicyclic) bond motifs is 1. The summed E-state index contributed by atoms with van der Waals surface area (Å²) in [6.07, 6.45) is 5.85. The second-order valence-corrected chi connectivity index (χ2v) is 6.81. The number of nitrogens with one attached hydrogen (secondary N) is 1. The summed E-state index contributed by atoms with van der Waals surface area (Å²) < 4.78 is 14.0. The molecule has 18 heavy (non-hydrogen) atoms. The summed E-state index contributed by atoms with van der Waals surface area (Å²) in [5, 5.41) is 5.18. The first kappa shape index (κ1) is 12.2. The van der Waals surface area contributed by atoms with Crippen LogP contribution in [0.25, 0.3) is 10.2 Å². The molecular formula is C13H15FN2S2. The molecule has 1 saturated carbocycles. The Morgan fingerprint density at radius 1 is 1.44 bits per heavy atom. The third kappa shape index (κ3) is 2.47. The molecule has 1 aliphatic carbocycles. The monoisotopic (exact) mass is 282 g/mol. The molecule has 0 spiro atoms. The first-order valence-electron chi connectivity index (χ1n) is 6.10. The maximum absolute atomic E-state index is 13.1. The van der Waals surface area contributed by atoms with E-state index in [0.29, 0.717) is 6.04 Å². The molecule has 2 atom stereocenters. The smallest absolute Gasteiger partial charge is 0.184 e. The molecule has 1 aromatic heterocycles. The van der Waals surface area contributed by atoms with Gasteiger partial charge in [0.2, 0.25) is 0 Å². The number of thiazole rings is 1. The fourth-order valence-electron chi connectivity index (χ4n) is 2.42. The van der Waals surface area contributed by atoms with Crippen LogP contribution in [-0.2, 0) is 0 Å². The van der Waals surface area contributed by atoms with E-state index in [1.54, 1.807) is 12.1 Å². The van der Waals surface area contributed by atoms with Gasteiger partial charge in [-0.3, -0.25) is 0 Å². The van der Waals surface area contributed by atoms with Crippen LogP contribution in [0.1, 0.15) is 19.3 Å². The zero-order chi connectivity index (χ0) is 12.5. The summed E-state index contributed by atoms with van der Waals surface area (Å²) in [7, 11) is 0.